The molecule has 0 saturated carbocycles. The Kier molecular flexibility index (Phi) is 6.09. The Hall–Kier alpha value is -3.97. The molecule has 7 nitrogen and oxygen atoms in total. The van der Waals surface area contributed by atoms with Gasteiger partial charge < -0.3 is 23.4 Å². The first-order chi connectivity index (χ1) is 17.0. The van der Waals surface area contributed by atoms with E-state index in [2.05, 4.69) is 11.0 Å². The Balaban J connectivity index is 1.51. The van der Waals surface area contributed by atoms with E-state index >= 15 is 0 Å². The van der Waals surface area contributed by atoms with E-state index in [1.165, 1.54) is 0 Å². The summed E-state index contributed by atoms with van der Waals surface area (Å²) in [4.78, 5) is 14.6. The normalized spacial score (nSPS) is 13.3. The van der Waals surface area contributed by atoms with Gasteiger partial charge in [-0.2, -0.15) is 0 Å². The zero-order chi connectivity index (χ0) is 24.5. The third-order valence-electron chi connectivity index (χ3n) is 6.33. The van der Waals surface area contributed by atoms with Gasteiger partial charge in [0.05, 0.1) is 21.3 Å². The fraction of sp³-hybridized carbons (Fsp3) is 0.250. The molecule has 1 aromatic heterocycles. The van der Waals surface area contributed by atoms with Crippen LogP contribution in [-0.2, 0) is 13.1 Å². The molecule has 2 heterocycles. The van der Waals surface area contributed by atoms with Gasteiger partial charge in [-0.1, -0.05) is 18.2 Å². The van der Waals surface area contributed by atoms with Gasteiger partial charge in [0.1, 0.15) is 23.8 Å². The molecule has 0 saturated heterocycles. The summed E-state index contributed by atoms with van der Waals surface area (Å²) in [5.74, 6) is 2.93. The third-order valence-corrected chi connectivity index (χ3v) is 6.33. The Labute approximate surface area is 203 Å². The maximum absolute atomic E-state index is 12.4. The fourth-order valence-electron chi connectivity index (χ4n) is 4.62. The van der Waals surface area contributed by atoms with Gasteiger partial charge in [-0.25, -0.2) is 4.79 Å². The van der Waals surface area contributed by atoms with E-state index < -0.39 is 5.63 Å². The minimum atomic E-state index is -0.391. The van der Waals surface area contributed by atoms with Crippen LogP contribution in [-0.4, -0.2) is 33.0 Å². The van der Waals surface area contributed by atoms with Crippen LogP contribution in [0.5, 0.6) is 23.0 Å². The van der Waals surface area contributed by atoms with Gasteiger partial charge in [0.2, 0.25) is 0 Å². The second-order valence-electron chi connectivity index (χ2n) is 8.52. The molecule has 35 heavy (non-hydrogen) atoms. The van der Waals surface area contributed by atoms with E-state index in [9.17, 15) is 4.79 Å². The summed E-state index contributed by atoms with van der Waals surface area (Å²) in [7, 11) is 4.89. The van der Waals surface area contributed by atoms with E-state index in [1.54, 1.807) is 27.4 Å². The summed E-state index contributed by atoms with van der Waals surface area (Å²) in [5, 5.41) is 0.877. The standard InChI is InChI=1S/C28H27NO6/c1-17-27-20(15-29(16-34-27)14-18-5-10-24(32-3)25(11-18)33-4)12-23-22(13-26(30)35-28(17)23)19-6-8-21(31-2)9-7-19/h5-13H,14-16H2,1-4H3. The molecular formula is C28H27NO6. The number of aryl methyl sites for hydroxylation is 1. The molecule has 1 aliphatic heterocycles. The van der Waals surface area contributed by atoms with E-state index in [4.69, 9.17) is 23.4 Å². The number of hydrogen-bond acceptors (Lipinski definition) is 7. The van der Waals surface area contributed by atoms with Crippen molar-refractivity contribution in [2.45, 2.75) is 20.0 Å². The molecule has 5 rings (SSSR count). The number of nitrogens with zero attached hydrogens (tertiary/aromatic N) is 1. The largest absolute Gasteiger partial charge is 0.497 e. The van der Waals surface area contributed by atoms with Crippen molar-refractivity contribution >= 4 is 11.0 Å². The van der Waals surface area contributed by atoms with E-state index in [1.807, 2.05) is 49.4 Å². The Morgan fingerprint density at radius 2 is 1.69 bits per heavy atom. The van der Waals surface area contributed by atoms with Crippen LogP contribution in [0.25, 0.3) is 22.1 Å². The van der Waals surface area contributed by atoms with E-state index in [-0.39, 0.29) is 0 Å². The molecule has 1 aliphatic rings. The number of methoxy groups -OCH3 is 3. The Bertz CT molecular complexity index is 1440. The molecule has 180 valence electrons. The SMILES string of the molecule is COc1ccc(-c2cc(=O)oc3c(C)c4c(cc23)CN(Cc2ccc(OC)c(OC)c2)CO4)cc1. The van der Waals surface area contributed by atoms with Gasteiger partial charge in [0.25, 0.3) is 0 Å². The highest BCUT2D eigenvalue weighted by atomic mass is 16.5. The molecule has 3 aromatic carbocycles. The molecule has 0 bridgehead atoms. The first kappa shape index (κ1) is 22.8. The first-order valence-corrected chi connectivity index (χ1v) is 11.3. The predicted molar refractivity (Wildman–Crippen MR) is 133 cm³/mol. The van der Waals surface area contributed by atoms with Crippen molar-refractivity contribution in [3.05, 3.63) is 81.7 Å². The fourth-order valence-corrected chi connectivity index (χ4v) is 4.62. The summed E-state index contributed by atoms with van der Waals surface area (Å²) in [6.07, 6.45) is 0. The molecule has 0 atom stereocenters. The lowest BCUT2D eigenvalue weighted by atomic mass is 9.96. The number of benzene rings is 3. The first-order valence-electron chi connectivity index (χ1n) is 11.3. The van der Waals surface area contributed by atoms with Gasteiger partial charge in [-0.15, -0.1) is 0 Å². The molecule has 0 N–H and O–H groups in total. The van der Waals surface area contributed by atoms with Crippen molar-refractivity contribution in [2.75, 3.05) is 28.1 Å². The molecule has 4 aromatic rings. The van der Waals surface area contributed by atoms with Crippen LogP contribution < -0.4 is 24.6 Å². The van der Waals surface area contributed by atoms with Gasteiger partial charge in [-0.05, 0) is 53.9 Å². The second-order valence-corrected chi connectivity index (χ2v) is 8.52. The zero-order valence-electron chi connectivity index (χ0n) is 20.2. The van der Waals surface area contributed by atoms with Crippen molar-refractivity contribution in [3.63, 3.8) is 0 Å². The molecule has 0 unspecified atom stereocenters. The van der Waals surface area contributed by atoms with Crippen molar-refractivity contribution in [1.29, 1.82) is 0 Å². The van der Waals surface area contributed by atoms with Crippen LogP contribution in [0.3, 0.4) is 0 Å². The molecule has 0 aliphatic carbocycles. The minimum Gasteiger partial charge on any atom is -0.497 e. The lowest BCUT2D eigenvalue weighted by molar-refractivity contribution is 0.0880. The number of ether oxygens (including phenoxy) is 4. The number of rotatable bonds is 6. The quantitative estimate of drug-likeness (QED) is 0.359. The summed E-state index contributed by atoms with van der Waals surface area (Å²) < 4.78 is 27.9. The summed E-state index contributed by atoms with van der Waals surface area (Å²) in [6.45, 7) is 3.75. The average Bonchev–Trinajstić information content (AvgIpc) is 2.89. The highest BCUT2D eigenvalue weighted by molar-refractivity contribution is 5.96. The van der Waals surface area contributed by atoms with Crippen LogP contribution in [0.2, 0.25) is 0 Å². The van der Waals surface area contributed by atoms with Gasteiger partial charge in [0.15, 0.2) is 11.5 Å². The van der Waals surface area contributed by atoms with Gasteiger partial charge in [0, 0.05) is 35.7 Å². The minimum absolute atomic E-state index is 0.391. The molecule has 0 radical (unpaired) electrons. The third kappa shape index (κ3) is 4.31. The summed E-state index contributed by atoms with van der Waals surface area (Å²) in [6, 6.07) is 17.2. The zero-order valence-corrected chi connectivity index (χ0v) is 20.2. The van der Waals surface area contributed by atoms with Crippen LogP contribution >= 0.6 is 0 Å². The molecular weight excluding hydrogens is 446 g/mol. The number of fused-ring (bicyclic) bond motifs is 2. The van der Waals surface area contributed by atoms with Gasteiger partial charge in [-0.3, -0.25) is 4.90 Å². The van der Waals surface area contributed by atoms with E-state index in [0.29, 0.717) is 36.9 Å². The highest BCUT2D eigenvalue weighted by Gasteiger charge is 2.24. The monoisotopic (exact) mass is 473 g/mol. The highest BCUT2D eigenvalue weighted by Crippen LogP contribution is 2.39. The summed E-state index contributed by atoms with van der Waals surface area (Å²) >= 11 is 0. The average molecular weight is 474 g/mol. The Morgan fingerprint density at radius 1 is 0.914 bits per heavy atom. The molecule has 7 heteroatoms. The van der Waals surface area contributed by atoms with Crippen molar-refractivity contribution in [3.8, 4) is 34.1 Å². The van der Waals surface area contributed by atoms with Crippen molar-refractivity contribution in [2.24, 2.45) is 0 Å². The predicted octanol–water partition coefficient (Wildman–Crippen LogP) is 5.15. The number of hydrogen-bond donors (Lipinski definition) is 0. The second kappa shape index (κ2) is 9.35. The lowest BCUT2D eigenvalue weighted by Crippen LogP contribution is -2.32. The topological polar surface area (TPSA) is 70.4 Å². The Morgan fingerprint density at radius 3 is 2.40 bits per heavy atom. The van der Waals surface area contributed by atoms with Gasteiger partial charge >= 0.3 is 5.63 Å². The smallest absolute Gasteiger partial charge is 0.336 e. The maximum Gasteiger partial charge on any atom is 0.336 e. The van der Waals surface area contributed by atoms with Crippen LogP contribution in [0.15, 0.2) is 63.8 Å². The molecule has 0 spiro atoms. The van der Waals surface area contributed by atoms with Crippen molar-refractivity contribution in [1.82, 2.24) is 4.90 Å². The van der Waals surface area contributed by atoms with Crippen LogP contribution in [0.1, 0.15) is 16.7 Å². The van der Waals surface area contributed by atoms with E-state index in [0.717, 1.165) is 44.7 Å². The maximum atomic E-state index is 12.4. The molecule has 0 amide bonds. The molecule has 0 fully saturated rings. The summed E-state index contributed by atoms with van der Waals surface area (Å²) in [5.41, 5.74) is 4.87. The van der Waals surface area contributed by atoms with Crippen LogP contribution in [0, 0.1) is 6.92 Å². The van der Waals surface area contributed by atoms with Crippen molar-refractivity contribution < 1.29 is 23.4 Å². The van der Waals surface area contributed by atoms with Crippen LogP contribution in [0.4, 0.5) is 0 Å². The lowest BCUT2D eigenvalue weighted by Gasteiger charge is -2.30.